The Bertz CT molecular complexity index is 398. The van der Waals surface area contributed by atoms with Gasteiger partial charge in [0.25, 0.3) is 0 Å². The van der Waals surface area contributed by atoms with Crippen LogP contribution in [0.5, 0.6) is 0 Å². The average molecular weight is 250 g/mol. The van der Waals surface area contributed by atoms with E-state index < -0.39 is 0 Å². The molecule has 0 aliphatic heterocycles. The quantitative estimate of drug-likeness (QED) is 0.763. The van der Waals surface area contributed by atoms with Gasteiger partial charge in [0.15, 0.2) is 0 Å². The van der Waals surface area contributed by atoms with E-state index in [1.54, 1.807) is 11.1 Å². The smallest absolute Gasteiger partial charge is 0.0229 e. The fourth-order valence-corrected chi connectivity index (χ4v) is 3.35. The number of hydrogen-bond donors (Lipinski definition) is 1. The van der Waals surface area contributed by atoms with Gasteiger partial charge in [0.1, 0.15) is 0 Å². The van der Waals surface area contributed by atoms with E-state index >= 15 is 0 Å². The monoisotopic (exact) mass is 249 g/mol. The van der Waals surface area contributed by atoms with Crippen molar-refractivity contribution in [1.82, 2.24) is 5.32 Å². The van der Waals surface area contributed by atoms with E-state index in [9.17, 15) is 0 Å². The lowest BCUT2D eigenvalue weighted by molar-refractivity contribution is 0.424. The zero-order valence-corrected chi connectivity index (χ0v) is 11.0. The summed E-state index contributed by atoms with van der Waals surface area (Å²) >= 11 is 5.85. The van der Waals surface area contributed by atoms with Crippen LogP contribution in [0.4, 0.5) is 0 Å². The van der Waals surface area contributed by atoms with Gasteiger partial charge in [-0.15, -0.1) is 11.6 Å². The molecule has 0 amide bonds. The van der Waals surface area contributed by atoms with Crippen molar-refractivity contribution in [3.05, 3.63) is 35.4 Å². The van der Waals surface area contributed by atoms with E-state index in [1.165, 1.54) is 32.2 Å². The number of fused-ring (bicyclic) bond motifs is 1. The zero-order chi connectivity index (χ0) is 11.7. The second kappa shape index (κ2) is 4.62. The van der Waals surface area contributed by atoms with Crippen LogP contribution in [-0.2, 0) is 6.42 Å². The molecule has 1 atom stereocenters. The van der Waals surface area contributed by atoms with Crippen molar-refractivity contribution >= 4 is 11.6 Å². The van der Waals surface area contributed by atoms with Gasteiger partial charge in [-0.25, -0.2) is 0 Å². The van der Waals surface area contributed by atoms with Gasteiger partial charge in [0, 0.05) is 24.9 Å². The van der Waals surface area contributed by atoms with Gasteiger partial charge in [-0.1, -0.05) is 24.3 Å². The first-order valence-corrected chi connectivity index (χ1v) is 7.21. The Labute approximate surface area is 109 Å². The van der Waals surface area contributed by atoms with E-state index in [1.807, 2.05) is 0 Å². The lowest BCUT2D eigenvalue weighted by atomic mass is 9.77. The van der Waals surface area contributed by atoms with E-state index in [4.69, 9.17) is 11.6 Å². The Hall–Kier alpha value is -0.530. The SMILES string of the molecule is ClCCC1(CNCC2Cc3ccccc32)CC1. The summed E-state index contributed by atoms with van der Waals surface area (Å²) in [5.41, 5.74) is 3.66. The predicted molar refractivity (Wildman–Crippen MR) is 72.8 cm³/mol. The van der Waals surface area contributed by atoms with Gasteiger partial charge in [-0.3, -0.25) is 0 Å². The van der Waals surface area contributed by atoms with Crippen molar-refractivity contribution < 1.29 is 0 Å². The fourth-order valence-electron chi connectivity index (χ4n) is 2.95. The van der Waals surface area contributed by atoms with Crippen LogP contribution in [0.25, 0.3) is 0 Å². The highest BCUT2D eigenvalue weighted by atomic mass is 35.5. The minimum absolute atomic E-state index is 0.561. The molecule has 2 aliphatic carbocycles. The minimum atomic E-state index is 0.561. The second-order valence-corrected chi connectivity index (χ2v) is 6.05. The van der Waals surface area contributed by atoms with Crippen LogP contribution < -0.4 is 5.32 Å². The first-order chi connectivity index (χ1) is 8.33. The Morgan fingerprint density at radius 1 is 1.29 bits per heavy atom. The summed E-state index contributed by atoms with van der Waals surface area (Å²) in [4.78, 5) is 0. The normalized spacial score (nSPS) is 23.9. The maximum absolute atomic E-state index is 5.85. The maximum atomic E-state index is 5.85. The van der Waals surface area contributed by atoms with Crippen LogP contribution in [0.2, 0.25) is 0 Å². The third-order valence-corrected chi connectivity index (χ3v) is 4.62. The molecule has 1 N–H and O–H groups in total. The number of benzene rings is 1. The van der Waals surface area contributed by atoms with E-state index in [0.717, 1.165) is 18.3 Å². The molecular formula is C15H20ClN. The molecule has 1 fully saturated rings. The zero-order valence-electron chi connectivity index (χ0n) is 10.2. The van der Waals surface area contributed by atoms with E-state index in [2.05, 4.69) is 29.6 Å². The van der Waals surface area contributed by atoms with Crippen LogP contribution in [0.3, 0.4) is 0 Å². The first kappa shape index (κ1) is 11.6. The minimum Gasteiger partial charge on any atom is -0.316 e. The molecule has 3 rings (SSSR count). The first-order valence-electron chi connectivity index (χ1n) is 6.67. The Morgan fingerprint density at radius 3 is 2.82 bits per heavy atom. The summed E-state index contributed by atoms with van der Waals surface area (Å²) in [6.07, 6.45) is 5.18. The van der Waals surface area contributed by atoms with Gasteiger partial charge in [-0.05, 0) is 42.2 Å². The van der Waals surface area contributed by atoms with Crippen LogP contribution in [-0.4, -0.2) is 19.0 Å². The Morgan fingerprint density at radius 2 is 2.12 bits per heavy atom. The van der Waals surface area contributed by atoms with Crippen molar-refractivity contribution in [2.45, 2.75) is 31.6 Å². The van der Waals surface area contributed by atoms with Gasteiger partial charge >= 0.3 is 0 Å². The summed E-state index contributed by atoms with van der Waals surface area (Å²) in [7, 11) is 0. The third kappa shape index (κ3) is 2.36. The Kier molecular flexibility index (Phi) is 3.14. The van der Waals surface area contributed by atoms with Crippen molar-refractivity contribution in [3.8, 4) is 0 Å². The van der Waals surface area contributed by atoms with Crippen molar-refractivity contribution in [1.29, 1.82) is 0 Å². The van der Waals surface area contributed by atoms with Crippen molar-refractivity contribution in [2.75, 3.05) is 19.0 Å². The van der Waals surface area contributed by atoms with Crippen molar-refractivity contribution in [2.24, 2.45) is 5.41 Å². The second-order valence-electron chi connectivity index (χ2n) is 5.67. The van der Waals surface area contributed by atoms with Crippen LogP contribution in [0.1, 0.15) is 36.3 Å². The summed E-state index contributed by atoms with van der Waals surface area (Å²) in [6.45, 7) is 2.30. The summed E-state index contributed by atoms with van der Waals surface area (Å²) < 4.78 is 0. The topological polar surface area (TPSA) is 12.0 Å². The lowest BCUT2D eigenvalue weighted by Gasteiger charge is -2.31. The maximum Gasteiger partial charge on any atom is 0.0229 e. The molecule has 1 saturated carbocycles. The molecule has 0 heterocycles. The Balaban J connectivity index is 1.45. The average Bonchev–Trinajstić information content (AvgIpc) is 3.06. The van der Waals surface area contributed by atoms with Crippen LogP contribution >= 0.6 is 11.6 Å². The molecule has 1 aromatic rings. The number of alkyl halides is 1. The lowest BCUT2D eigenvalue weighted by Crippen LogP contribution is -2.32. The largest absolute Gasteiger partial charge is 0.316 e. The molecule has 0 bridgehead atoms. The molecule has 17 heavy (non-hydrogen) atoms. The molecule has 0 saturated heterocycles. The molecule has 0 radical (unpaired) electrons. The molecule has 1 nitrogen and oxygen atoms in total. The summed E-state index contributed by atoms with van der Waals surface area (Å²) in [5.74, 6) is 1.56. The van der Waals surface area contributed by atoms with Gasteiger partial charge < -0.3 is 5.32 Å². The number of halogens is 1. The van der Waals surface area contributed by atoms with Gasteiger partial charge in [0.05, 0.1) is 0 Å². The van der Waals surface area contributed by atoms with Crippen LogP contribution in [0.15, 0.2) is 24.3 Å². The molecule has 1 aromatic carbocycles. The number of hydrogen-bond acceptors (Lipinski definition) is 1. The molecule has 0 spiro atoms. The third-order valence-electron chi connectivity index (χ3n) is 4.43. The fraction of sp³-hybridized carbons (Fsp3) is 0.600. The molecule has 92 valence electrons. The molecule has 0 aromatic heterocycles. The molecule has 2 aliphatic rings. The van der Waals surface area contributed by atoms with Gasteiger partial charge in [0.2, 0.25) is 0 Å². The highest BCUT2D eigenvalue weighted by molar-refractivity contribution is 6.17. The predicted octanol–water partition coefficient (Wildman–Crippen LogP) is 3.33. The van der Waals surface area contributed by atoms with E-state index in [-0.39, 0.29) is 0 Å². The molecule has 1 unspecified atom stereocenters. The molecular weight excluding hydrogens is 230 g/mol. The van der Waals surface area contributed by atoms with Gasteiger partial charge in [-0.2, -0.15) is 0 Å². The highest BCUT2D eigenvalue weighted by Crippen LogP contribution is 2.48. The number of rotatable bonds is 6. The van der Waals surface area contributed by atoms with Crippen molar-refractivity contribution in [3.63, 3.8) is 0 Å². The van der Waals surface area contributed by atoms with Crippen LogP contribution in [0, 0.1) is 5.41 Å². The molecule has 2 heteroatoms. The van der Waals surface area contributed by atoms with E-state index in [0.29, 0.717) is 5.41 Å². The summed E-state index contributed by atoms with van der Waals surface area (Å²) in [5, 5.41) is 3.66. The standard InChI is InChI=1S/C15H20ClN/c16-8-7-15(5-6-15)11-17-10-13-9-12-3-1-2-4-14(12)13/h1-4,13,17H,5-11H2. The summed E-state index contributed by atoms with van der Waals surface area (Å²) in [6, 6.07) is 8.82. The number of nitrogens with one attached hydrogen (secondary N) is 1. The highest BCUT2D eigenvalue weighted by Gasteiger charge is 2.41.